The highest BCUT2D eigenvalue weighted by Crippen LogP contribution is 2.32. The maximum Gasteiger partial charge on any atom is 0.416 e. The smallest absolute Gasteiger partial charge is 0.306 e. The van der Waals surface area contributed by atoms with E-state index in [4.69, 9.17) is 0 Å². The van der Waals surface area contributed by atoms with Gasteiger partial charge in [-0.1, -0.05) is 50.6 Å². The summed E-state index contributed by atoms with van der Waals surface area (Å²) in [4.78, 5) is 1.88. The van der Waals surface area contributed by atoms with Crippen LogP contribution in [0.3, 0.4) is 0 Å². The first-order valence-electron chi connectivity index (χ1n) is 6.30. The van der Waals surface area contributed by atoms with Gasteiger partial charge in [0.1, 0.15) is 0 Å². The Morgan fingerprint density at radius 1 is 1.11 bits per heavy atom. The fraction of sp³-hybridized carbons (Fsp3) is 0.467. The Kier molecular flexibility index (Phi) is 8.16. The van der Waals surface area contributed by atoms with Gasteiger partial charge in [-0.2, -0.15) is 13.2 Å². The molecule has 0 unspecified atom stereocenters. The van der Waals surface area contributed by atoms with Crippen LogP contribution in [0, 0.1) is 0 Å². The molecule has 0 heterocycles. The lowest BCUT2D eigenvalue weighted by molar-refractivity contribution is -0.137. The van der Waals surface area contributed by atoms with Crippen LogP contribution >= 0.6 is 0 Å². The van der Waals surface area contributed by atoms with E-state index >= 15 is 0 Å². The average Bonchev–Trinajstić information content (AvgIpc) is 2.29. The summed E-state index contributed by atoms with van der Waals surface area (Å²) >= 11 is 0. The fourth-order valence-electron chi connectivity index (χ4n) is 1.29. The molecule has 4 heteroatoms. The van der Waals surface area contributed by atoms with Crippen molar-refractivity contribution < 1.29 is 13.2 Å². The number of likely N-dealkylation sites (N-methyl/N-ethyl adjacent to an activating group) is 1. The van der Waals surface area contributed by atoms with E-state index in [9.17, 15) is 13.2 Å². The lowest BCUT2D eigenvalue weighted by atomic mass is 10.1. The first-order chi connectivity index (χ1) is 8.82. The molecule has 1 aromatic rings. The normalized spacial score (nSPS) is 11.6. The third-order valence-corrected chi connectivity index (χ3v) is 2.03. The van der Waals surface area contributed by atoms with Gasteiger partial charge in [-0.3, -0.25) is 0 Å². The van der Waals surface area contributed by atoms with E-state index in [1.807, 2.05) is 19.0 Å². The molecule has 108 valence electrons. The number of alkyl halides is 3. The standard InChI is InChI=1S/C12H14F3N.C3H8/c1-16(2)9-5-7-10-6-3-4-8-11(10)12(13,14)15;1-3-2/h3-8H,9H2,1-2H3;3H2,1-2H3/b7-5+;. The van der Waals surface area contributed by atoms with Crippen molar-refractivity contribution in [2.24, 2.45) is 0 Å². The van der Waals surface area contributed by atoms with Crippen molar-refractivity contribution in [1.29, 1.82) is 0 Å². The van der Waals surface area contributed by atoms with Gasteiger partial charge in [-0.15, -0.1) is 0 Å². The summed E-state index contributed by atoms with van der Waals surface area (Å²) in [5, 5.41) is 0. The zero-order valence-electron chi connectivity index (χ0n) is 12.0. The molecule has 0 amide bonds. The Hall–Kier alpha value is -1.29. The number of nitrogens with zero attached hydrogens (tertiary/aromatic N) is 1. The zero-order chi connectivity index (χ0) is 14.9. The lowest BCUT2D eigenvalue weighted by Crippen LogP contribution is -2.10. The summed E-state index contributed by atoms with van der Waals surface area (Å²) in [6.45, 7) is 4.87. The number of halogens is 3. The van der Waals surface area contributed by atoms with E-state index in [1.54, 1.807) is 12.1 Å². The topological polar surface area (TPSA) is 3.24 Å². The minimum Gasteiger partial charge on any atom is -0.306 e. The molecule has 19 heavy (non-hydrogen) atoms. The van der Waals surface area contributed by atoms with E-state index in [0.717, 1.165) is 6.07 Å². The van der Waals surface area contributed by atoms with Crippen molar-refractivity contribution in [2.75, 3.05) is 20.6 Å². The SMILES string of the molecule is CCC.CN(C)C/C=C/c1ccccc1C(F)(F)F. The van der Waals surface area contributed by atoms with Crippen LogP contribution in [0.15, 0.2) is 30.3 Å². The largest absolute Gasteiger partial charge is 0.416 e. The van der Waals surface area contributed by atoms with Gasteiger partial charge >= 0.3 is 6.18 Å². The Labute approximate surface area is 113 Å². The van der Waals surface area contributed by atoms with Gasteiger partial charge in [0.25, 0.3) is 0 Å². The minimum absolute atomic E-state index is 0.205. The Morgan fingerprint density at radius 2 is 1.63 bits per heavy atom. The van der Waals surface area contributed by atoms with Crippen molar-refractivity contribution in [3.05, 3.63) is 41.5 Å². The average molecular weight is 273 g/mol. The van der Waals surface area contributed by atoms with Crippen LogP contribution in [0.4, 0.5) is 13.2 Å². The molecule has 0 spiro atoms. The number of hydrogen-bond acceptors (Lipinski definition) is 1. The molecule has 0 fully saturated rings. The second kappa shape index (κ2) is 8.75. The highest BCUT2D eigenvalue weighted by atomic mass is 19.4. The fourth-order valence-corrected chi connectivity index (χ4v) is 1.29. The van der Waals surface area contributed by atoms with E-state index in [0.29, 0.717) is 6.54 Å². The number of rotatable bonds is 3. The first kappa shape index (κ1) is 17.7. The Bertz CT molecular complexity index is 381. The van der Waals surface area contributed by atoms with Gasteiger partial charge in [0, 0.05) is 6.54 Å². The van der Waals surface area contributed by atoms with Crippen LogP contribution < -0.4 is 0 Å². The molecule has 0 atom stereocenters. The summed E-state index contributed by atoms with van der Waals surface area (Å²) < 4.78 is 37.8. The third kappa shape index (κ3) is 7.67. The molecular formula is C15H22F3N. The molecule has 0 aliphatic heterocycles. The van der Waals surface area contributed by atoms with Crippen molar-refractivity contribution in [2.45, 2.75) is 26.4 Å². The van der Waals surface area contributed by atoms with Crippen LogP contribution in [-0.2, 0) is 6.18 Å². The summed E-state index contributed by atoms with van der Waals surface area (Å²) in [6, 6.07) is 5.56. The van der Waals surface area contributed by atoms with Crippen LogP contribution in [0.5, 0.6) is 0 Å². The highest BCUT2D eigenvalue weighted by molar-refractivity contribution is 5.54. The van der Waals surface area contributed by atoms with Crippen LogP contribution in [-0.4, -0.2) is 25.5 Å². The lowest BCUT2D eigenvalue weighted by Gasteiger charge is -2.10. The van der Waals surface area contributed by atoms with E-state index in [2.05, 4.69) is 13.8 Å². The van der Waals surface area contributed by atoms with Crippen LogP contribution in [0.25, 0.3) is 6.08 Å². The number of hydrogen-bond donors (Lipinski definition) is 0. The quantitative estimate of drug-likeness (QED) is 0.771. The van der Waals surface area contributed by atoms with Gasteiger partial charge in [0.2, 0.25) is 0 Å². The molecule has 1 rings (SSSR count). The monoisotopic (exact) mass is 273 g/mol. The maximum atomic E-state index is 12.6. The maximum absolute atomic E-state index is 12.6. The van der Waals surface area contributed by atoms with Crippen molar-refractivity contribution in [1.82, 2.24) is 4.90 Å². The van der Waals surface area contributed by atoms with Gasteiger partial charge in [0.05, 0.1) is 5.56 Å². The molecule has 0 aliphatic rings. The zero-order valence-corrected chi connectivity index (χ0v) is 12.0. The number of benzene rings is 1. The Morgan fingerprint density at radius 3 is 2.11 bits per heavy atom. The summed E-state index contributed by atoms with van der Waals surface area (Å²) in [5.74, 6) is 0. The summed E-state index contributed by atoms with van der Waals surface area (Å²) in [7, 11) is 3.72. The van der Waals surface area contributed by atoms with E-state index in [1.165, 1.54) is 24.6 Å². The van der Waals surface area contributed by atoms with Gasteiger partial charge in [-0.25, -0.2) is 0 Å². The second-order valence-electron chi connectivity index (χ2n) is 4.46. The van der Waals surface area contributed by atoms with Crippen molar-refractivity contribution in [3.63, 3.8) is 0 Å². The second-order valence-corrected chi connectivity index (χ2v) is 4.46. The summed E-state index contributed by atoms with van der Waals surface area (Å²) in [6.07, 6.45) is 0.173. The van der Waals surface area contributed by atoms with Crippen molar-refractivity contribution >= 4 is 6.08 Å². The minimum atomic E-state index is -4.29. The first-order valence-corrected chi connectivity index (χ1v) is 6.30. The Balaban J connectivity index is 0.000000982. The van der Waals surface area contributed by atoms with E-state index < -0.39 is 11.7 Å². The van der Waals surface area contributed by atoms with Crippen LogP contribution in [0.1, 0.15) is 31.4 Å². The predicted octanol–water partition coefficient (Wildman–Crippen LogP) is 4.70. The van der Waals surface area contributed by atoms with Crippen LogP contribution in [0.2, 0.25) is 0 Å². The molecule has 0 bridgehead atoms. The summed E-state index contributed by atoms with van der Waals surface area (Å²) in [5.41, 5.74) is -0.387. The molecule has 0 saturated carbocycles. The molecular weight excluding hydrogens is 251 g/mol. The van der Waals surface area contributed by atoms with Gasteiger partial charge < -0.3 is 4.90 Å². The molecule has 1 aromatic carbocycles. The molecule has 0 saturated heterocycles. The predicted molar refractivity (Wildman–Crippen MR) is 75.0 cm³/mol. The molecule has 1 nitrogen and oxygen atoms in total. The molecule has 0 radical (unpaired) electrons. The molecule has 0 aromatic heterocycles. The molecule has 0 aliphatic carbocycles. The third-order valence-electron chi connectivity index (χ3n) is 2.03. The highest BCUT2D eigenvalue weighted by Gasteiger charge is 2.32. The van der Waals surface area contributed by atoms with Gasteiger partial charge in [-0.05, 0) is 25.7 Å². The van der Waals surface area contributed by atoms with E-state index in [-0.39, 0.29) is 5.56 Å². The van der Waals surface area contributed by atoms with Gasteiger partial charge in [0.15, 0.2) is 0 Å². The molecule has 0 N–H and O–H groups in total. The van der Waals surface area contributed by atoms with Crippen molar-refractivity contribution in [3.8, 4) is 0 Å².